The van der Waals surface area contributed by atoms with E-state index in [0.29, 0.717) is 29.3 Å². The Morgan fingerprint density at radius 2 is 1.78 bits per heavy atom. The largest absolute Gasteiger partial charge is 0.573 e. The van der Waals surface area contributed by atoms with Gasteiger partial charge in [0.05, 0.1) is 19.0 Å². The number of fused-ring (bicyclic) bond motifs is 1. The number of aromatic nitrogens is 2. The predicted molar refractivity (Wildman–Crippen MR) is 151 cm³/mol. The van der Waals surface area contributed by atoms with Crippen molar-refractivity contribution in [3.8, 4) is 11.5 Å². The van der Waals surface area contributed by atoms with Gasteiger partial charge in [0.25, 0.3) is 5.91 Å². The third kappa shape index (κ3) is 6.58. The van der Waals surface area contributed by atoms with Crippen molar-refractivity contribution < 1.29 is 27.4 Å². The molecule has 10 heteroatoms. The first-order chi connectivity index (χ1) is 19.6. The predicted octanol–water partition coefficient (Wildman–Crippen LogP) is 6.56. The Morgan fingerprint density at radius 3 is 2.49 bits per heavy atom. The molecule has 1 aliphatic rings. The van der Waals surface area contributed by atoms with Gasteiger partial charge in [-0.05, 0) is 92.1 Å². The second kappa shape index (κ2) is 11.7. The van der Waals surface area contributed by atoms with Gasteiger partial charge in [0.2, 0.25) is 0 Å². The summed E-state index contributed by atoms with van der Waals surface area (Å²) in [6.07, 6.45) is -0.0899. The second-order valence-electron chi connectivity index (χ2n) is 10.4. The number of amides is 1. The molecule has 0 radical (unpaired) electrons. The number of nitrogens with one attached hydrogen (secondary N) is 1. The Balaban J connectivity index is 1.19. The highest BCUT2D eigenvalue weighted by atomic mass is 19.4. The van der Waals surface area contributed by atoms with E-state index in [2.05, 4.69) is 32.1 Å². The summed E-state index contributed by atoms with van der Waals surface area (Å²) in [5.74, 6) is 0.527. The molecule has 1 fully saturated rings. The number of carbonyl (C=O) groups excluding carboxylic acids is 1. The molecule has 4 aromatic rings. The van der Waals surface area contributed by atoms with Crippen molar-refractivity contribution in [3.05, 3.63) is 88.9 Å². The molecule has 7 nitrogen and oxygen atoms in total. The van der Waals surface area contributed by atoms with Gasteiger partial charge in [-0.25, -0.2) is 4.98 Å². The molecule has 1 atom stereocenters. The van der Waals surface area contributed by atoms with Gasteiger partial charge in [-0.1, -0.05) is 18.2 Å². The van der Waals surface area contributed by atoms with Crippen molar-refractivity contribution in [2.45, 2.75) is 51.9 Å². The van der Waals surface area contributed by atoms with Crippen LogP contribution in [0.3, 0.4) is 0 Å². The van der Waals surface area contributed by atoms with E-state index < -0.39 is 6.36 Å². The van der Waals surface area contributed by atoms with Gasteiger partial charge in [0.1, 0.15) is 22.8 Å². The lowest BCUT2D eigenvalue weighted by molar-refractivity contribution is -0.274. The van der Waals surface area contributed by atoms with Crippen LogP contribution in [-0.2, 0) is 6.54 Å². The summed E-state index contributed by atoms with van der Waals surface area (Å²) in [4.78, 5) is 19.9. The first-order valence-corrected chi connectivity index (χ1v) is 13.6. The van der Waals surface area contributed by atoms with E-state index in [1.54, 1.807) is 23.8 Å². The quantitative estimate of drug-likeness (QED) is 0.274. The van der Waals surface area contributed by atoms with E-state index in [-0.39, 0.29) is 17.6 Å². The summed E-state index contributed by atoms with van der Waals surface area (Å²) >= 11 is 0. The molecular formula is C31H33F3N4O3. The molecular weight excluding hydrogens is 533 g/mol. The minimum absolute atomic E-state index is 0.181. The Kier molecular flexibility index (Phi) is 8.10. The highest BCUT2D eigenvalue weighted by Crippen LogP contribution is 2.34. The number of methoxy groups -OCH3 is 1. The van der Waals surface area contributed by atoms with E-state index >= 15 is 0 Å². The maximum Gasteiger partial charge on any atom is 0.573 e. The van der Waals surface area contributed by atoms with Gasteiger partial charge < -0.3 is 19.7 Å². The number of imidazole rings is 1. The van der Waals surface area contributed by atoms with Gasteiger partial charge in [-0.15, -0.1) is 13.2 Å². The van der Waals surface area contributed by atoms with Crippen LogP contribution in [0.5, 0.6) is 11.5 Å². The van der Waals surface area contributed by atoms with Gasteiger partial charge in [0, 0.05) is 25.3 Å². The summed E-state index contributed by atoms with van der Waals surface area (Å²) in [6, 6.07) is 16.5. The molecule has 2 aromatic carbocycles. The van der Waals surface area contributed by atoms with Crippen molar-refractivity contribution in [3.63, 3.8) is 0 Å². The summed E-state index contributed by atoms with van der Waals surface area (Å²) in [7, 11) is 1.58. The molecule has 1 amide bonds. The summed E-state index contributed by atoms with van der Waals surface area (Å²) in [5, 5.41) is 3.00. The van der Waals surface area contributed by atoms with Crippen LogP contribution in [0.15, 0.2) is 60.8 Å². The number of hydrogen-bond donors (Lipinski definition) is 1. The van der Waals surface area contributed by atoms with Crippen LogP contribution in [0.1, 0.15) is 58.1 Å². The Morgan fingerprint density at radius 1 is 1.02 bits per heavy atom. The number of alkyl halides is 3. The number of nitrogens with zero attached hydrogens (tertiary/aromatic N) is 3. The smallest absolute Gasteiger partial charge is 0.495 e. The summed E-state index contributed by atoms with van der Waals surface area (Å²) in [5.41, 5.74) is 5.78. The normalized spacial score (nSPS) is 16.0. The lowest BCUT2D eigenvalue weighted by Crippen LogP contribution is -2.25. The standard InChI is InChI=1S/C31H33F3N4O3/c1-20-17-25(41-31(32,33)34)10-12-27(20)23-5-4-15-37(16-14-23)24-8-6-22(7-9-24)18-35-30(39)29-21(2)36-28-13-11-26(40-3)19-38(28)29/h6-13,17,19,23H,4-5,14-16,18H2,1-3H3,(H,35,39). The molecule has 5 rings (SSSR count). The van der Waals surface area contributed by atoms with E-state index in [4.69, 9.17) is 4.74 Å². The van der Waals surface area contributed by atoms with Gasteiger partial charge in [0.15, 0.2) is 0 Å². The molecule has 0 bridgehead atoms. The van der Waals surface area contributed by atoms with Crippen LogP contribution in [0.4, 0.5) is 18.9 Å². The highest BCUT2D eigenvalue weighted by molar-refractivity contribution is 5.94. The monoisotopic (exact) mass is 566 g/mol. The second-order valence-corrected chi connectivity index (χ2v) is 10.4. The van der Waals surface area contributed by atoms with E-state index in [1.807, 2.05) is 38.1 Å². The zero-order chi connectivity index (χ0) is 29.1. The maximum absolute atomic E-state index is 13.0. The number of rotatable bonds is 7. The van der Waals surface area contributed by atoms with Crippen LogP contribution in [0, 0.1) is 13.8 Å². The third-order valence-corrected chi connectivity index (χ3v) is 7.61. The van der Waals surface area contributed by atoms with Crippen LogP contribution >= 0.6 is 0 Å². The Hall–Kier alpha value is -4.21. The van der Waals surface area contributed by atoms with Gasteiger partial charge in [-0.3, -0.25) is 9.20 Å². The molecule has 41 heavy (non-hydrogen) atoms. The highest BCUT2D eigenvalue weighted by Gasteiger charge is 2.31. The average Bonchev–Trinajstić information content (AvgIpc) is 3.08. The molecule has 1 saturated heterocycles. The number of pyridine rings is 1. The fraction of sp³-hybridized carbons (Fsp3) is 0.355. The van der Waals surface area contributed by atoms with Crippen LogP contribution in [0.25, 0.3) is 5.65 Å². The molecule has 0 aliphatic carbocycles. The number of ether oxygens (including phenoxy) is 2. The van der Waals surface area contributed by atoms with E-state index in [0.717, 1.165) is 54.7 Å². The van der Waals surface area contributed by atoms with Crippen molar-refractivity contribution in [2.75, 3.05) is 25.1 Å². The average molecular weight is 567 g/mol. The number of anilines is 1. The van der Waals surface area contributed by atoms with E-state index in [9.17, 15) is 18.0 Å². The SMILES string of the molecule is COc1ccc2nc(C)c(C(=O)NCc3ccc(N4CCCC(c5ccc(OC(F)(F)F)cc5C)CC4)cc3)n2c1. The molecule has 0 spiro atoms. The summed E-state index contributed by atoms with van der Waals surface area (Å²) < 4.78 is 48.9. The van der Waals surface area contributed by atoms with Crippen molar-refractivity contribution in [2.24, 2.45) is 0 Å². The molecule has 1 aliphatic heterocycles. The van der Waals surface area contributed by atoms with Gasteiger partial charge >= 0.3 is 6.36 Å². The fourth-order valence-electron chi connectivity index (χ4n) is 5.60. The molecule has 1 N–H and O–H groups in total. The minimum atomic E-state index is -4.69. The number of benzene rings is 2. The lowest BCUT2D eigenvalue weighted by Gasteiger charge is -2.23. The lowest BCUT2D eigenvalue weighted by atomic mass is 9.89. The molecule has 216 valence electrons. The topological polar surface area (TPSA) is 68.1 Å². The first kappa shape index (κ1) is 28.3. The Labute approximate surface area is 236 Å². The number of aryl methyl sites for hydroxylation is 2. The first-order valence-electron chi connectivity index (χ1n) is 13.6. The molecule has 1 unspecified atom stereocenters. The number of halogens is 3. The summed E-state index contributed by atoms with van der Waals surface area (Å²) in [6.45, 7) is 5.78. The molecule has 0 saturated carbocycles. The van der Waals surface area contributed by atoms with E-state index in [1.165, 1.54) is 12.1 Å². The van der Waals surface area contributed by atoms with Crippen molar-refractivity contribution in [1.29, 1.82) is 0 Å². The zero-order valence-corrected chi connectivity index (χ0v) is 23.3. The molecule has 3 heterocycles. The number of carbonyl (C=O) groups is 1. The van der Waals surface area contributed by atoms with Crippen LogP contribution in [-0.4, -0.2) is 41.9 Å². The molecule has 2 aromatic heterocycles. The zero-order valence-electron chi connectivity index (χ0n) is 23.3. The third-order valence-electron chi connectivity index (χ3n) is 7.61. The van der Waals surface area contributed by atoms with Crippen LogP contribution < -0.4 is 19.7 Å². The maximum atomic E-state index is 13.0. The van der Waals surface area contributed by atoms with Crippen LogP contribution in [0.2, 0.25) is 0 Å². The van der Waals surface area contributed by atoms with Gasteiger partial charge in [-0.2, -0.15) is 0 Å². The van der Waals surface area contributed by atoms with Crippen molar-refractivity contribution >= 4 is 17.2 Å². The number of hydrogen-bond acceptors (Lipinski definition) is 5. The fourth-order valence-corrected chi connectivity index (χ4v) is 5.60. The van der Waals surface area contributed by atoms with Crippen molar-refractivity contribution in [1.82, 2.24) is 14.7 Å². The minimum Gasteiger partial charge on any atom is -0.495 e. The Bertz CT molecular complexity index is 1530.